The summed E-state index contributed by atoms with van der Waals surface area (Å²) in [5, 5.41) is 71.3. The molecule has 7 N–H and O–H groups in total. The lowest BCUT2D eigenvalue weighted by atomic mass is 9.99. The number of phenolic OH excluding ortho intramolecular Hbond substituents is 1. The largest absolute Gasteiger partial charge is 0.507 e. The van der Waals surface area contributed by atoms with E-state index in [0.717, 1.165) is 6.07 Å². The standard InChI is InChI=1S/C27H30O13/c1-11-21(32)15(31)9-19(36-11)40-25-17(38-27-24(35)23(34)22(33)18(10-28)39-27)8-14(30)20-13(29)7-16(37-26(20)25)12-5-3-2-4-6-12/h2-8,11,15,18-19,21-24,27-28,30-35H,9-10H2,1H3/t11-,15+,18+,19+,21+,22+,23-,24+,27+/m0/s1. The van der Waals surface area contributed by atoms with Gasteiger partial charge in [-0.15, -0.1) is 0 Å². The van der Waals surface area contributed by atoms with Crippen molar-refractivity contribution < 1.29 is 59.1 Å². The van der Waals surface area contributed by atoms with Gasteiger partial charge in [-0.2, -0.15) is 0 Å². The second kappa shape index (κ2) is 11.3. The van der Waals surface area contributed by atoms with E-state index in [9.17, 15) is 40.5 Å². The number of ether oxygens (including phenoxy) is 4. The van der Waals surface area contributed by atoms with Gasteiger partial charge < -0.3 is 59.1 Å². The van der Waals surface area contributed by atoms with Crippen LogP contribution in [0.3, 0.4) is 0 Å². The normalized spacial score (nSPS) is 32.6. The summed E-state index contributed by atoms with van der Waals surface area (Å²) in [6, 6.07) is 10.8. The van der Waals surface area contributed by atoms with Crippen molar-refractivity contribution in [2.45, 2.75) is 68.7 Å². The van der Waals surface area contributed by atoms with Crippen molar-refractivity contribution >= 4 is 11.0 Å². The summed E-state index contributed by atoms with van der Waals surface area (Å²) in [6.45, 7) is 0.817. The lowest BCUT2D eigenvalue weighted by Crippen LogP contribution is -2.60. The number of aromatic hydroxyl groups is 1. The van der Waals surface area contributed by atoms with Crippen LogP contribution in [0.5, 0.6) is 17.2 Å². The molecule has 1 aromatic heterocycles. The van der Waals surface area contributed by atoms with Crippen molar-refractivity contribution in [1.82, 2.24) is 0 Å². The molecule has 0 bridgehead atoms. The van der Waals surface area contributed by atoms with E-state index in [2.05, 4.69) is 0 Å². The molecule has 0 spiro atoms. The van der Waals surface area contributed by atoms with E-state index in [1.165, 1.54) is 13.0 Å². The van der Waals surface area contributed by atoms with E-state index in [0.29, 0.717) is 5.56 Å². The van der Waals surface area contributed by atoms with E-state index < -0.39 is 73.1 Å². The van der Waals surface area contributed by atoms with Crippen LogP contribution in [0.25, 0.3) is 22.3 Å². The van der Waals surface area contributed by atoms with E-state index in [1.54, 1.807) is 30.3 Å². The molecule has 2 fully saturated rings. The number of aliphatic hydroxyl groups is 6. The summed E-state index contributed by atoms with van der Waals surface area (Å²) in [5.74, 6) is -1.04. The maximum atomic E-state index is 13.1. The Balaban J connectivity index is 1.63. The van der Waals surface area contributed by atoms with Crippen molar-refractivity contribution in [3.05, 3.63) is 52.7 Å². The predicted octanol–water partition coefficient (Wildman–Crippen LogP) is -0.420. The molecular formula is C27H30O13. The van der Waals surface area contributed by atoms with Crippen LogP contribution in [0.2, 0.25) is 0 Å². The van der Waals surface area contributed by atoms with Crippen LogP contribution in [0.1, 0.15) is 13.3 Å². The monoisotopic (exact) mass is 562 g/mol. The van der Waals surface area contributed by atoms with Crippen molar-refractivity contribution in [2.24, 2.45) is 0 Å². The molecule has 0 amide bonds. The molecule has 3 heterocycles. The summed E-state index contributed by atoms with van der Waals surface area (Å²) in [4.78, 5) is 13.1. The highest BCUT2D eigenvalue weighted by molar-refractivity contribution is 5.91. The fraction of sp³-hybridized carbons (Fsp3) is 0.444. The van der Waals surface area contributed by atoms with Crippen molar-refractivity contribution in [3.63, 3.8) is 0 Å². The maximum absolute atomic E-state index is 13.1. The van der Waals surface area contributed by atoms with Crippen molar-refractivity contribution in [2.75, 3.05) is 6.61 Å². The average Bonchev–Trinajstić information content (AvgIpc) is 2.94. The minimum Gasteiger partial charge on any atom is -0.507 e. The van der Waals surface area contributed by atoms with E-state index >= 15 is 0 Å². The molecular weight excluding hydrogens is 532 g/mol. The number of benzene rings is 2. The van der Waals surface area contributed by atoms with Gasteiger partial charge in [-0.3, -0.25) is 4.79 Å². The molecule has 5 rings (SSSR count). The Morgan fingerprint density at radius 2 is 1.65 bits per heavy atom. The molecule has 0 radical (unpaired) electrons. The first-order valence-electron chi connectivity index (χ1n) is 12.6. The van der Waals surface area contributed by atoms with Crippen molar-refractivity contribution in [3.8, 4) is 28.6 Å². The van der Waals surface area contributed by atoms with E-state index in [-0.39, 0.29) is 34.6 Å². The lowest BCUT2D eigenvalue weighted by molar-refractivity contribution is -0.278. The van der Waals surface area contributed by atoms with Gasteiger partial charge >= 0.3 is 0 Å². The van der Waals surface area contributed by atoms with Gasteiger partial charge in [0.2, 0.25) is 18.3 Å². The van der Waals surface area contributed by atoms with Crippen LogP contribution < -0.4 is 14.9 Å². The lowest BCUT2D eigenvalue weighted by Gasteiger charge is -2.40. The summed E-state index contributed by atoms with van der Waals surface area (Å²) in [7, 11) is 0. The molecule has 0 saturated carbocycles. The number of hydrogen-bond donors (Lipinski definition) is 7. The third-order valence-electron chi connectivity index (χ3n) is 6.98. The third-order valence-corrected chi connectivity index (χ3v) is 6.98. The Kier molecular flexibility index (Phi) is 7.99. The topological polar surface area (TPSA) is 209 Å². The number of hydrogen-bond acceptors (Lipinski definition) is 13. The molecule has 40 heavy (non-hydrogen) atoms. The van der Waals surface area contributed by atoms with E-state index in [4.69, 9.17) is 23.4 Å². The molecule has 9 atom stereocenters. The Morgan fingerprint density at radius 3 is 2.33 bits per heavy atom. The maximum Gasteiger partial charge on any atom is 0.229 e. The average molecular weight is 563 g/mol. The molecule has 13 nitrogen and oxygen atoms in total. The molecule has 216 valence electrons. The second-order valence-electron chi connectivity index (χ2n) is 9.77. The van der Waals surface area contributed by atoms with Gasteiger partial charge in [0.05, 0.1) is 18.8 Å². The van der Waals surface area contributed by atoms with Gasteiger partial charge in [0.25, 0.3) is 0 Å². The minimum absolute atomic E-state index is 0.126. The smallest absolute Gasteiger partial charge is 0.229 e. The second-order valence-corrected chi connectivity index (χ2v) is 9.77. The Labute approximate surface area is 227 Å². The highest BCUT2D eigenvalue weighted by Crippen LogP contribution is 2.44. The molecule has 0 unspecified atom stereocenters. The number of phenols is 1. The number of rotatable bonds is 6. The van der Waals surface area contributed by atoms with Gasteiger partial charge in [-0.05, 0) is 6.92 Å². The van der Waals surface area contributed by atoms with Crippen LogP contribution in [-0.4, -0.2) is 97.7 Å². The first-order chi connectivity index (χ1) is 19.1. The molecule has 3 aromatic rings. The summed E-state index contributed by atoms with van der Waals surface area (Å²) in [6.07, 6.45) is -12.7. The summed E-state index contributed by atoms with van der Waals surface area (Å²) >= 11 is 0. The Hall–Kier alpha value is -3.27. The molecule has 2 saturated heterocycles. The molecule has 2 aromatic carbocycles. The zero-order valence-electron chi connectivity index (χ0n) is 21.2. The molecule has 0 aliphatic carbocycles. The SMILES string of the molecule is C[C@@H]1O[C@H](Oc2c(O[C@@H]3O[C@H](CO)[C@@H](O)[C@H](O)[C@H]3O)cc(O)c3c(=O)cc(-c4ccccc4)oc23)C[C@@H](O)[C@@H]1O. The Bertz CT molecular complexity index is 1380. The molecule has 13 heteroatoms. The fourth-order valence-corrected chi connectivity index (χ4v) is 4.74. The fourth-order valence-electron chi connectivity index (χ4n) is 4.74. The Morgan fingerprint density at radius 1 is 0.925 bits per heavy atom. The van der Waals surface area contributed by atoms with Crippen LogP contribution in [0.4, 0.5) is 0 Å². The van der Waals surface area contributed by atoms with Crippen molar-refractivity contribution in [1.29, 1.82) is 0 Å². The van der Waals surface area contributed by atoms with Crippen LogP contribution in [0.15, 0.2) is 51.7 Å². The predicted molar refractivity (Wildman–Crippen MR) is 136 cm³/mol. The highest BCUT2D eigenvalue weighted by Gasteiger charge is 2.45. The van der Waals surface area contributed by atoms with Gasteiger partial charge in [0, 0.05) is 24.1 Å². The third kappa shape index (κ3) is 5.25. The van der Waals surface area contributed by atoms with Gasteiger partial charge in [-0.25, -0.2) is 0 Å². The molecule has 2 aliphatic heterocycles. The van der Waals surface area contributed by atoms with E-state index in [1.807, 2.05) is 0 Å². The number of fused-ring (bicyclic) bond motifs is 1. The zero-order valence-corrected chi connectivity index (χ0v) is 21.2. The van der Waals surface area contributed by atoms with Crippen LogP contribution in [-0.2, 0) is 9.47 Å². The quantitative estimate of drug-likeness (QED) is 0.204. The van der Waals surface area contributed by atoms with Crippen LogP contribution in [0, 0.1) is 0 Å². The van der Waals surface area contributed by atoms with Gasteiger partial charge in [-0.1, -0.05) is 30.3 Å². The highest BCUT2D eigenvalue weighted by atomic mass is 16.7. The summed E-state index contributed by atoms with van der Waals surface area (Å²) in [5.41, 5.74) is -0.341. The zero-order chi connectivity index (χ0) is 28.7. The van der Waals surface area contributed by atoms with Gasteiger partial charge in [0.15, 0.2) is 16.8 Å². The minimum atomic E-state index is -1.80. The first-order valence-corrected chi connectivity index (χ1v) is 12.6. The van der Waals surface area contributed by atoms with Gasteiger partial charge in [0.1, 0.15) is 47.4 Å². The number of aliphatic hydroxyl groups excluding tert-OH is 6. The molecule has 2 aliphatic rings. The van der Waals surface area contributed by atoms with Crippen LogP contribution >= 0.6 is 0 Å². The summed E-state index contributed by atoms with van der Waals surface area (Å²) < 4.78 is 28.9. The first kappa shape index (κ1) is 28.3.